The molecule has 2 aromatic carbocycles. The van der Waals surface area contributed by atoms with Gasteiger partial charge >= 0.3 is 0 Å². The van der Waals surface area contributed by atoms with E-state index in [1.807, 2.05) is 13.8 Å². The monoisotopic (exact) mass is 422 g/mol. The van der Waals surface area contributed by atoms with Crippen molar-refractivity contribution < 1.29 is 16.8 Å². The van der Waals surface area contributed by atoms with E-state index in [1.54, 1.807) is 31.2 Å². The van der Waals surface area contributed by atoms with Crippen molar-refractivity contribution in [1.82, 2.24) is 4.31 Å². The van der Waals surface area contributed by atoms with E-state index in [4.69, 9.17) is 0 Å². The number of sulfonamides is 2. The Hall–Kier alpha value is -1.90. The van der Waals surface area contributed by atoms with E-state index in [0.29, 0.717) is 18.7 Å². The Balaban J connectivity index is 1.94. The number of hydrogen-bond acceptors (Lipinski definition) is 4. The number of rotatable bonds is 5. The van der Waals surface area contributed by atoms with Gasteiger partial charge in [-0.3, -0.25) is 4.72 Å². The summed E-state index contributed by atoms with van der Waals surface area (Å²) in [5.41, 5.74) is 2.81. The van der Waals surface area contributed by atoms with Crippen LogP contribution in [-0.2, 0) is 20.0 Å². The SMILES string of the molecule is Cc1ccc(S(=O)(=O)Nc2cc(S(=O)(=O)N3CCCCC3)ccc2C)cc1C. The zero-order chi connectivity index (χ0) is 20.5. The van der Waals surface area contributed by atoms with Gasteiger partial charge in [0.1, 0.15) is 0 Å². The molecule has 0 aromatic heterocycles. The molecule has 0 bridgehead atoms. The molecule has 0 radical (unpaired) electrons. The van der Waals surface area contributed by atoms with Gasteiger partial charge in [0.15, 0.2) is 0 Å². The molecule has 3 rings (SSSR count). The number of nitrogens with zero attached hydrogens (tertiary/aromatic N) is 1. The van der Waals surface area contributed by atoms with Crippen molar-refractivity contribution in [1.29, 1.82) is 0 Å². The van der Waals surface area contributed by atoms with Crippen LogP contribution >= 0.6 is 0 Å². The second kappa shape index (κ2) is 7.85. The fourth-order valence-corrected chi connectivity index (χ4v) is 5.96. The average Bonchev–Trinajstić information content (AvgIpc) is 2.66. The van der Waals surface area contributed by atoms with Crippen LogP contribution in [0.2, 0.25) is 0 Å². The number of piperidine rings is 1. The molecule has 28 heavy (non-hydrogen) atoms. The molecule has 0 aliphatic carbocycles. The van der Waals surface area contributed by atoms with Gasteiger partial charge in [0.2, 0.25) is 10.0 Å². The first-order valence-electron chi connectivity index (χ1n) is 9.32. The molecule has 0 atom stereocenters. The normalized spacial score (nSPS) is 16.1. The summed E-state index contributed by atoms with van der Waals surface area (Å²) in [5.74, 6) is 0. The van der Waals surface area contributed by atoms with Crippen LogP contribution in [0.4, 0.5) is 5.69 Å². The lowest BCUT2D eigenvalue weighted by Gasteiger charge is -2.26. The van der Waals surface area contributed by atoms with E-state index in [0.717, 1.165) is 30.4 Å². The lowest BCUT2D eigenvalue weighted by molar-refractivity contribution is 0.346. The summed E-state index contributed by atoms with van der Waals surface area (Å²) >= 11 is 0. The Morgan fingerprint density at radius 2 is 1.36 bits per heavy atom. The van der Waals surface area contributed by atoms with Gasteiger partial charge in [0, 0.05) is 13.1 Å². The Morgan fingerprint density at radius 1 is 0.750 bits per heavy atom. The molecule has 1 fully saturated rings. The topological polar surface area (TPSA) is 83.5 Å². The minimum Gasteiger partial charge on any atom is -0.279 e. The summed E-state index contributed by atoms with van der Waals surface area (Å²) in [6.45, 7) is 6.51. The van der Waals surface area contributed by atoms with Crippen molar-refractivity contribution in [3.63, 3.8) is 0 Å². The van der Waals surface area contributed by atoms with E-state index in [1.165, 1.54) is 16.4 Å². The van der Waals surface area contributed by atoms with Crippen LogP contribution in [0, 0.1) is 20.8 Å². The summed E-state index contributed by atoms with van der Waals surface area (Å²) in [6, 6.07) is 9.50. The third-order valence-electron chi connectivity index (χ3n) is 5.19. The van der Waals surface area contributed by atoms with Crippen molar-refractivity contribution >= 4 is 25.7 Å². The summed E-state index contributed by atoms with van der Waals surface area (Å²) in [6.07, 6.45) is 2.72. The predicted molar refractivity (Wildman–Crippen MR) is 111 cm³/mol. The maximum atomic E-state index is 12.9. The van der Waals surface area contributed by atoms with Crippen LogP contribution in [0.25, 0.3) is 0 Å². The Morgan fingerprint density at radius 3 is 2.00 bits per heavy atom. The van der Waals surface area contributed by atoms with Crippen molar-refractivity contribution in [3.8, 4) is 0 Å². The molecule has 0 saturated carbocycles. The van der Waals surface area contributed by atoms with E-state index in [9.17, 15) is 16.8 Å². The fourth-order valence-electron chi connectivity index (χ4n) is 3.21. The molecule has 0 amide bonds. The Kier molecular flexibility index (Phi) is 5.84. The van der Waals surface area contributed by atoms with Crippen LogP contribution in [0.15, 0.2) is 46.2 Å². The summed E-state index contributed by atoms with van der Waals surface area (Å²) in [4.78, 5) is 0.261. The van der Waals surface area contributed by atoms with Crippen LogP contribution in [-0.4, -0.2) is 34.2 Å². The number of aryl methyl sites for hydroxylation is 3. The van der Waals surface area contributed by atoms with E-state index in [-0.39, 0.29) is 15.5 Å². The minimum absolute atomic E-state index is 0.109. The van der Waals surface area contributed by atoms with E-state index in [2.05, 4.69) is 4.72 Å². The van der Waals surface area contributed by atoms with Crippen LogP contribution in [0.5, 0.6) is 0 Å². The summed E-state index contributed by atoms with van der Waals surface area (Å²) in [7, 11) is -7.46. The number of benzene rings is 2. The molecule has 1 aliphatic heterocycles. The molecular weight excluding hydrogens is 396 g/mol. The van der Waals surface area contributed by atoms with Crippen LogP contribution in [0.3, 0.4) is 0 Å². The molecule has 1 N–H and O–H groups in total. The van der Waals surface area contributed by atoms with Crippen LogP contribution < -0.4 is 4.72 Å². The van der Waals surface area contributed by atoms with Crippen molar-refractivity contribution in [2.45, 2.75) is 49.8 Å². The van der Waals surface area contributed by atoms with Crippen molar-refractivity contribution in [2.75, 3.05) is 17.8 Å². The molecule has 0 unspecified atom stereocenters. The molecule has 1 heterocycles. The minimum atomic E-state index is -3.82. The van der Waals surface area contributed by atoms with Gasteiger partial charge in [-0.25, -0.2) is 16.8 Å². The van der Waals surface area contributed by atoms with Gasteiger partial charge < -0.3 is 0 Å². The predicted octanol–water partition coefficient (Wildman–Crippen LogP) is 3.59. The van der Waals surface area contributed by atoms with Crippen LogP contribution in [0.1, 0.15) is 36.0 Å². The third-order valence-corrected chi connectivity index (χ3v) is 8.45. The number of hydrogen-bond donors (Lipinski definition) is 1. The molecule has 6 nitrogen and oxygen atoms in total. The van der Waals surface area contributed by atoms with E-state index < -0.39 is 20.0 Å². The molecule has 1 saturated heterocycles. The first-order valence-corrected chi connectivity index (χ1v) is 12.2. The van der Waals surface area contributed by atoms with Gasteiger partial charge in [0.05, 0.1) is 15.5 Å². The van der Waals surface area contributed by atoms with Gasteiger partial charge in [-0.1, -0.05) is 18.6 Å². The molecule has 0 spiro atoms. The zero-order valence-corrected chi connectivity index (χ0v) is 18.0. The lowest BCUT2D eigenvalue weighted by atomic mass is 10.1. The number of nitrogens with one attached hydrogen (secondary N) is 1. The maximum absolute atomic E-state index is 12.9. The zero-order valence-electron chi connectivity index (χ0n) is 16.4. The fraction of sp³-hybridized carbons (Fsp3) is 0.400. The first kappa shape index (κ1) is 20.8. The Bertz CT molecular complexity index is 1090. The van der Waals surface area contributed by atoms with Gasteiger partial charge in [0.25, 0.3) is 10.0 Å². The highest BCUT2D eigenvalue weighted by Gasteiger charge is 2.27. The molecule has 2 aromatic rings. The lowest BCUT2D eigenvalue weighted by Crippen LogP contribution is -2.35. The summed E-state index contributed by atoms with van der Waals surface area (Å²) in [5, 5.41) is 0. The smallest absolute Gasteiger partial charge is 0.261 e. The second-order valence-electron chi connectivity index (χ2n) is 7.29. The standard InChI is InChI=1S/C20H26N2O4S2/c1-15-7-9-18(13-17(15)3)27(23,24)21-20-14-19(10-8-16(20)2)28(25,26)22-11-5-4-6-12-22/h7-10,13-14,21H,4-6,11-12H2,1-3H3. The van der Waals surface area contributed by atoms with Crippen molar-refractivity contribution in [3.05, 3.63) is 53.1 Å². The van der Waals surface area contributed by atoms with Gasteiger partial charge in [-0.05, 0) is 74.6 Å². The number of anilines is 1. The molecular formula is C20H26N2O4S2. The highest BCUT2D eigenvalue weighted by molar-refractivity contribution is 7.92. The highest BCUT2D eigenvalue weighted by atomic mass is 32.2. The molecule has 8 heteroatoms. The molecule has 152 valence electrons. The largest absolute Gasteiger partial charge is 0.279 e. The molecule has 1 aliphatic rings. The maximum Gasteiger partial charge on any atom is 0.261 e. The first-order chi connectivity index (χ1) is 13.1. The highest BCUT2D eigenvalue weighted by Crippen LogP contribution is 2.27. The van der Waals surface area contributed by atoms with Gasteiger partial charge in [-0.15, -0.1) is 0 Å². The average molecular weight is 423 g/mol. The third kappa shape index (κ3) is 4.24. The second-order valence-corrected chi connectivity index (χ2v) is 10.9. The summed E-state index contributed by atoms with van der Waals surface area (Å²) < 4.78 is 55.5. The Labute approximate surface area is 167 Å². The van der Waals surface area contributed by atoms with E-state index >= 15 is 0 Å². The van der Waals surface area contributed by atoms with Gasteiger partial charge in [-0.2, -0.15) is 4.31 Å². The quantitative estimate of drug-likeness (QED) is 0.798. The van der Waals surface area contributed by atoms with Crippen molar-refractivity contribution in [2.24, 2.45) is 0 Å².